The molecule has 8 saturated carbocycles. The number of carbonyl (C=O) groups excluding carboxylic acids is 4. The van der Waals surface area contributed by atoms with Crippen LogP contribution in [0.15, 0.2) is 122 Å². The Morgan fingerprint density at radius 2 is 0.639 bits per heavy atom. The predicted molar refractivity (Wildman–Crippen MR) is 349 cm³/mol. The maximum Gasteiger partial charge on any atom is 0.282 e. The van der Waals surface area contributed by atoms with Crippen LogP contribution >= 0.6 is 0 Å². The van der Waals surface area contributed by atoms with Gasteiger partial charge in [-0.2, -0.15) is 20.4 Å². The first kappa shape index (κ1) is 66.6. The molecule has 8 aromatic rings. The summed E-state index contributed by atoms with van der Waals surface area (Å²) in [5.74, 6) is 5.20. The van der Waals surface area contributed by atoms with Crippen molar-refractivity contribution in [2.75, 3.05) is 21.3 Å². The molecule has 0 aliphatic heterocycles. The fourth-order valence-corrected chi connectivity index (χ4v) is 14.7. The molecule has 0 spiro atoms. The van der Waals surface area contributed by atoms with Crippen molar-refractivity contribution < 1.29 is 54.3 Å². The standard InChI is InChI=1S/C19H21F2N3O.3C18H19F2N3O/c1-19(11-7-8-11)9-14(19)12-5-3-4-6-15(12)22-18(25)13-10-24(2)23-16(13)17(20)21;3*1-23-9-14(16(22-23)17(19)20)18(24)21-15-5-3-2-4-11(15)13-8-12(13)10-6-7-10/h3-6,10-11,14,17H,7-9H2,1-2H3,(H,22,25);3*2-5,9-10,12-13,17H,6-8H2,1H3,(H,21,24)/t14-,19+;12-,13+;2*12-,13-/m1110/s1. The highest BCUT2D eigenvalue weighted by Crippen LogP contribution is 2.70. The minimum atomic E-state index is -2.78. The Hall–Kier alpha value is -8.96. The number of rotatable bonds is 20. The topological polar surface area (TPSA) is 188 Å². The number of anilines is 4. The van der Waals surface area contributed by atoms with E-state index < -0.39 is 72.1 Å². The van der Waals surface area contributed by atoms with Crippen LogP contribution in [0.2, 0.25) is 0 Å². The van der Waals surface area contributed by atoms with E-state index in [1.54, 1.807) is 0 Å². The Labute approximate surface area is 556 Å². The van der Waals surface area contributed by atoms with E-state index in [4.69, 9.17) is 0 Å². The SMILES string of the molecule is Cn1cc(C(=O)Nc2ccccc2[C@@H]2C[C@@H]2C2CC2)c(C(F)F)n1.Cn1cc(C(=O)Nc2ccccc2[C@@H]2C[C@H]2C2CC2)c(C(F)F)n1.Cn1cc(C(=O)Nc2ccccc2[C@H]2C[C@@H]2C2CC2)c(C(F)F)n1.Cn1cc(C(=O)Nc2ccccc2[C@H]2C[C@@]2(C)C2CC2)c(C(F)F)n1. The van der Waals surface area contributed by atoms with E-state index in [0.717, 1.165) is 106 Å². The van der Waals surface area contributed by atoms with Crippen LogP contribution in [-0.4, -0.2) is 62.8 Å². The van der Waals surface area contributed by atoms with Crippen molar-refractivity contribution in [1.82, 2.24) is 39.1 Å². The van der Waals surface area contributed by atoms with Crippen molar-refractivity contribution in [2.45, 2.75) is 133 Å². The molecule has 24 heteroatoms. The van der Waals surface area contributed by atoms with E-state index in [1.165, 1.54) is 123 Å². The number of nitrogens with zero attached hydrogens (tertiary/aromatic N) is 8. The predicted octanol–water partition coefficient (Wildman–Crippen LogP) is 16.9. The molecular weight excluding hydrogens is 1260 g/mol. The van der Waals surface area contributed by atoms with E-state index in [0.29, 0.717) is 34.8 Å². The van der Waals surface area contributed by atoms with Crippen LogP contribution in [0.3, 0.4) is 0 Å². The Kier molecular flexibility index (Phi) is 18.7. The summed E-state index contributed by atoms with van der Waals surface area (Å²) < 4.78 is 109. The molecular formula is C73H78F8N12O4. The number of aromatic nitrogens is 8. The summed E-state index contributed by atoms with van der Waals surface area (Å²) in [6.07, 6.45) is 9.28. The zero-order chi connectivity index (χ0) is 68.3. The minimum Gasteiger partial charge on any atom is -0.322 e. The summed E-state index contributed by atoms with van der Waals surface area (Å²) in [4.78, 5) is 50.0. The molecule has 4 heterocycles. The molecule has 16 nitrogen and oxygen atoms in total. The quantitative estimate of drug-likeness (QED) is 0.0543. The fourth-order valence-electron chi connectivity index (χ4n) is 14.7. The number of carbonyl (C=O) groups is 4. The summed E-state index contributed by atoms with van der Waals surface area (Å²) in [6, 6.07) is 30.7. The van der Waals surface area contributed by atoms with Crippen LogP contribution < -0.4 is 21.3 Å². The maximum absolute atomic E-state index is 13.1. The molecule has 97 heavy (non-hydrogen) atoms. The van der Waals surface area contributed by atoms with Crippen LogP contribution in [0.25, 0.3) is 0 Å². The summed E-state index contributed by atoms with van der Waals surface area (Å²) in [5.41, 5.74) is 5.45. The molecule has 8 aliphatic carbocycles. The van der Waals surface area contributed by atoms with Crippen molar-refractivity contribution in [3.8, 4) is 0 Å². The fraction of sp³-hybridized carbons (Fsp3) is 0.452. The smallest absolute Gasteiger partial charge is 0.282 e. The maximum atomic E-state index is 13.1. The lowest BCUT2D eigenvalue weighted by molar-refractivity contribution is 0.100. The van der Waals surface area contributed by atoms with Crippen molar-refractivity contribution in [3.63, 3.8) is 0 Å². The van der Waals surface area contributed by atoms with Crippen molar-refractivity contribution in [2.24, 2.45) is 75.0 Å². The van der Waals surface area contributed by atoms with E-state index in [9.17, 15) is 54.3 Å². The lowest BCUT2D eigenvalue weighted by Gasteiger charge is -2.14. The van der Waals surface area contributed by atoms with Gasteiger partial charge in [0, 0.05) is 75.7 Å². The number of benzene rings is 4. The second-order valence-corrected chi connectivity index (χ2v) is 27.8. The van der Waals surface area contributed by atoms with Gasteiger partial charge in [0.25, 0.3) is 49.3 Å². The molecule has 4 aromatic heterocycles. The molecule has 0 bridgehead atoms. The molecule has 8 atom stereocenters. The second-order valence-electron chi connectivity index (χ2n) is 27.8. The number of halogens is 8. The number of amides is 4. The van der Waals surface area contributed by atoms with E-state index in [1.807, 2.05) is 97.1 Å². The van der Waals surface area contributed by atoms with Crippen molar-refractivity contribution in [1.29, 1.82) is 0 Å². The summed E-state index contributed by atoms with van der Waals surface area (Å²) in [5, 5.41) is 26.0. The highest BCUT2D eigenvalue weighted by Gasteiger charge is 2.59. The molecule has 510 valence electrons. The first-order chi connectivity index (χ1) is 46.5. The van der Waals surface area contributed by atoms with Gasteiger partial charge < -0.3 is 21.3 Å². The third-order valence-corrected chi connectivity index (χ3v) is 20.6. The monoisotopic (exact) mass is 1340 g/mol. The number of hydrogen-bond donors (Lipinski definition) is 4. The third-order valence-electron chi connectivity index (χ3n) is 20.6. The summed E-state index contributed by atoms with van der Waals surface area (Å²) in [6.45, 7) is 2.31. The molecule has 4 aromatic carbocycles. The lowest BCUT2D eigenvalue weighted by Crippen LogP contribution is -2.15. The van der Waals surface area contributed by atoms with Gasteiger partial charge >= 0.3 is 0 Å². The van der Waals surface area contributed by atoms with Gasteiger partial charge in [0.05, 0.1) is 22.3 Å². The second kappa shape index (κ2) is 27.2. The van der Waals surface area contributed by atoms with Crippen LogP contribution in [0.1, 0.15) is 220 Å². The van der Waals surface area contributed by atoms with E-state index in [-0.39, 0.29) is 22.3 Å². The number of aryl methyl sites for hydroxylation is 4. The highest BCUT2D eigenvalue weighted by atomic mass is 19.3. The summed E-state index contributed by atoms with van der Waals surface area (Å²) >= 11 is 0. The molecule has 16 rings (SSSR count). The zero-order valence-corrected chi connectivity index (χ0v) is 54.4. The molecule has 0 unspecified atom stereocenters. The molecule has 8 aliphatic rings. The molecule has 8 fully saturated rings. The average molecular weight is 1340 g/mol. The highest BCUT2D eigenvalue weighted by molar-refractivity contribution is 6.07. The number of alkyl halides is 8. The molecule has 4 N–H and O–H groups in total. The van der Waals surface area contributed by atoms with Crippen LogP contribution in [0, 0.1) is 46.8 Å². The van der Waals surface area contributed by atoms with Gasteiger partial charge in [-0.15, -0.1) is 0 Å². The average Bonchev–Trinajstić information content (AvgIpc) is 1.50. The first-order valence-electron chi connectivity index (χ1n) is 33.4. The van der Waals surface area contributed by atoms with Crippen LogP contribution in [0.4, 0.5) is 57.9 Å². The Bertz CT molecular complexity index is 3930. The van der Waals surface area contributed by atoms with Crippen molar-refractivity contribution >= 4 is 46.4 Å². The van der Waals surface area contributed by atoms with Gasteiger partial charge in [-0.25, -0.2) is 35.1 Å². The van der Waals surface area contributed by atoms with Gasteiger partial charge in [0.2, 0.25) is 0 Å². The number of hydrogen-bond acceptors (Lipinski definition) is 8. The van der Waals surface area contributed by atoms with E-state index >= 15 is 0 Å². The van der Waals surface area contributed by atoms with Crippen molar-refractivity contribution in [3.05, 3.63) is 189 Å². The largest absolute Gasteiger partial charge is 0.322 e. The first-order valence-corrected chi connectivity index (χ1v) is 33.4. The minimum absolute atomic E-state index is 0.0724. The zero-order valence-electron chi connectivity index (χ0n) is 54.4. The molecule has 0 radical (unpaired) electrons. The lowest BCUT2D eigenvalue weighted by atomic mass is 9.95. The van der Waals surface area contributed by atoms with Gasteiger partial charge in [-0.1, -0.05) is 79.7 Å². The van der Waals surface area contributed by atoms with Gasteiger partial charge in [0.15, 0.2) is 0 Å². The van der Waals surface area contributed by atoms with Crippen LogP contribution in [0.5, 0.6) is 0 Å². The Balaban J connectivity index is 0.000000117. The third kappa shape index (κ3) is 15.1. The Morgan fingerprint density at radius 1 is 0.392 bits per heavy atom. The van der Waals surface area contributed by atoms with Crippen LogP contribution in [-0.2, 0) is 28.2 Å². The van der Waals surface area contributed by atoms with Gasteiger partial charge in [-0.05, 0) is 194 Å². The molecule has 4 amide bonds. The van der Waals surface area contributed by atoms with Gasteiger partial charge in [0.1, 0.15) is 22.8 Å². The normalized spacial score (nSPS) is 23.3. The number of nitrogens with one attached hydrogen (secondary N) is 4. The molecule has 0 saturated heterocycles. The summed E-state index contributed by atoms with van der Waals surface area (Å²) in [7, 11) is 6.12. The van der Waals surface area contributed by atoms with Gasteiger partial charge in [-0.3, -0.25) is 37.9 Å². The number of para-hydroxylation sites is 4. The Morgan fingerprint density at radius 3 is 0.887 bits per heavy atom. The van der Waals surface area contributed by atoms with E-state index in [2.05, 4.69) is 48.6 Å².